The van der Waals surface area contributed by atoms with Crippen molar-refractivity contribution >= 4 is 62.5 Å². The number of thiophene rings is 1. The molecule has 0 unspecified atom stereocenters. The van der Waals surface area contributed by atoms with Crippen LogP contribution in [-0.2, 0) is 4.79 Å². The molecular formula is C14H9BrClNO3S. The fraction of sp³-hybridized carbons (Fsp3) is 0. The highest BCUT2D eigenvalue weighted by Crippen LogP contribution is 2.23. The molecule has 0 aliphatic heterocycles. The molecule has 0 radical (unpaired) electrons. The van der Waals surface area contributed by atoms with Crippen LogP contribution in [0.15, 0.2) is 40.9 Å². The van der Waals surface area contributed by atoms with Crippen molar-refractivity contribution < 1.29 is 14.7 Å². The predicted octanol–water partition coefficient (Wildman–Crippen LogP) is 4.51. The topological polar surface area (TPSA) is 66.4 Å². The van der Waals surface area contributed by atoms with E-state index in [1.165, 1.54) is 23.5 Å². The lowest BCUT2D eigenvalue weighted by Crippen LogP contribution is -2.09. The second-order valence-corrected chi connectivity index (χ2v) is 6.57. The van der Waals surface area contributed by atoms with Gasteiger partial charge in [0.15, 0.2) is 0 Å². The summed E-state index contributed by atoms with van der Waals surface area (Å²) in [7, 11) is 0. The van der Waals surface area contributed by atoms with Gasteiger partial charge in [0.1, 0.15) is 0 Å². The number of anilines is 1. The average Bonchev–Trinajstić information content (AvgIpc) is 2.84. The van der Waals surface area contributed by atoms with Gasteiger partial charge in [0.05, 0.1) is 9.90 Å². The largest absolute Gasteiger partial charge is 0.478 e. The van der Waals surface area contributed by atoms with Crippen molar-refractivity contribution in [3.8, 4) is 0 Å². The minimum atomic E-state index is -1.07. The van der Waals surface area contributed by atoms with Crippen LogP contribution in [0.4, 0.5) is 5.69 Å². The van der Waals surface area contributed by atoms with E-state index in [0.29, 0.717) is 14.5 Å². The quantitative estimate of drug-likeness (QED) is 0.760. The van der Waals surface area contributed by atoms with E-state index < -0.39 is 5.97 Å². The summed E-state index contributed by atoms with van der Waals surface area (Å²) in [6.45, 7) is 0. The van der Waals surface area contributed by atoms with Crippen LogP contribution >= 0.6 is 38.9 Å². The van der Waals surface area contributed by atoms with Gasteiger partial charge in [-0.2, -0.15) is 0 Å². The molecule has 0 atom stereocenters. The van der Waals surface area contributed by atoms with E-state index in [1.807, 2.05) is 0 Å². The number of nitrogens with one attached hydrogen (secondary N) is 1. The van der Waals surface area contributed by atoms with Gasteiger partial charge in [-0.1, -0.05) is 11.6 Å². The Bertz CT molecular complexity index is 727. The first kappa shape index (κ1) is 15.8. The number of carboxylic acid groups (broad SMARTS) is 1. The summed E-state index contributed by atoms with van der Waals surface area (Å²) in [5.41, 5.74) is 0.497. The Morgan fingerprint density at radius 1 is 1.29 bits per heavy atom. The minimum Gasteiger partial charge on any atom is -0.478 e. The molecule has 0 saturated carbocycles. The van der Waals surface area contributed by atoms with E-state index in [0.717, 1.165) is 4.88 Å². The Morgan fingerprint density at radius 2 is 2.05 bits per heavy atom. The standard InChI is InChI=1S/C14H9BrClNO3S/c15-11-4-1-8(7-10(11)14(19)20)17-13(18)6-3-9-2-5-12(16)21-9/h1-7H,(H,17,18)(H,19,20)/b6-3+. The zero-order valence-electron chi connectivity index (χ0n) is 10.5. The third-order valence-corrected chi connectivity index (χ3v) is 4.35. The summed E-state index contributed by atoms with van der Waals surface area (Å²) in [4.78, 5) is 23.6. The van der Waals surface area contributed by atoms with Crippen molar-refractivity contribution in [3.63, 3.8) is 0 Å². The van der Waals surface area contributed by atoms with E-state index >= 15 is 0 Å². The summed E-state index contributed by atoms with van der Waals surface area (Å²) >= 11 is 10.3. The molecule has 2 rings (SSSR count). The van der Waals surface area contributed by atoms with E-state index in [2.05, 4.69) is 21.2 Å². The number of carbonyl (C=O) groups is 2. The SMILES string of the molecule is O=C(/C=C/c1ccc(Cl)s1)Nc1ccc(Br)c(C(=O)O)c1. The lowest BCUT2D eigenvalue weighted by Gasteiger charge is -2.05. The third kappa shape index (κ3) is 4.42. The van der Waals surface area contributed by atoms with E-state index in [4.69, 9.17) is 16.7 Å². The van der Waals surface area contributed by atoms with Gasteiger partial charge < -0.3 is 10.4 Å². The molecule has 21 heavy (non-hydrogen) atoms. The van der Waals surface area contributed by atoms with Crippen LogP contribution in [0.5, 0.6) is 0 Å². The molecule has 0 spiro atoms. The smallest absolute Gasteiger partial charge is 0.336 e. The third-order valence-electron chi connectivity index (χ3n) is 2.46. The van der Waals surface area contributed by atoms with E-state index in [9.17, 15) is 9.59 Å². The minimum absolute atomic E-state index is 0.0850. The molecule has 1 aromatic heterocycles. The maximum atomic E-state index is 11.8. The highest BCUT2D eigenvalue weighted by molar-refractivity contribution is 9.10. The highest BCUT2D eigenvalue weighted by atomic mass is 79.9. The van der Waals surface area contributed by atoms with Crippen molar-refractivity contribution in [3.05, 3.63) is 55.7 Å². The number of carboxylic acids is 1. The second kappa shape index (κ2) is 6.89. The van der Waals surface area contributed by atoms with Gasteiger partial charge in [-0.25, -0.2) is 4.79 Å². The number of aromatic carboxylic acids is 1. The Labute approximate surface area is 138 Å². The molecule has 0 saturated heterocycles. The van der Waals surface area contributed by atoms with Crippen molar-refractivity contribution in [2.75, 3.05) is 5.32 Å². The fourth-order valence-corrected chi connectivity index (χ4v) is 2.91. The number of hydrogen-bond donors (Lipinski definition) is 2. The maximum absolute atomic E-state index is 11.8. The second-order valence-electron chi connectivity index (χ2n) is 3.96. The lowest BCUT2D eigenvalue weighted by atomic mass is 10.2. The normalized spacial score (nSPS) is 10.8. The summed E-state index contributed by atoms with van der Waals surface area (Å²) < 4.78 is 1.10. The van der Waals surface area contributed by atoms with Crippen LogP contribution in [0.25, 0.3) is 6.08 Å². The molecule has 0 aliphatic carbocycles. The van der Waals surface area contributed by atoms with Crippen LogP contribution in [0.3, 0.4) is 0 Å². The monoisotopic (exact) mass is 385 g/mol. The van der Waals surface area contributed by atoms with Gasteiger partial charge >= 0.3 is 5.97 Å². The van der Waals surface area contributed by atoms with Gasteiger partial charge in [-0.15, -0.1) is 11.3 Å². The van der Waals surface area contributed by atoms with Crippen LogP contribution in [0, 0.1) is 0 Å². The number of benzene rings is 1. The summed E-state index contributed by atoms with van der Waals surface area (Å²) in [5, 5.41) is 11.6. The Hall–Kier alpha value is -1.63. The number of amides is 1. The van der Waals surface area contributed by atoms with Crippen LogP contribution in [-0.4, -0.2) is 17.0 Å². The molecule has 108 valence electrons. The molecule has 0 fully saturated rings. The average molecular weight is 387 g/mol. The van der Waals surface area contributed by atoms with Crippen molar-refractivity contribution in [1.29, 1.82) is 0 Å². The zero-order valence-corrected chi connectivity index (χ0v) is 13.6. The molecule has 1 amide bonds. The first-order valence-corrected chi connectivity index (χ1v) is 7.71. The molecule has 0 aliphatic rings. The summed E-state index contributed by atoms with van der Waals surface area (Å²) in [5.74, 6) is -1.42. The number of halogens is 2. The van der Waals surface area contributed by atoms with E-state index in [1.54, 1.807) is 30.3 Å². The molecule has 4 nitrogen and oxygen atoms in total. The van der Waals surface area contributed by atoms with Crippen LogP contribution in [0.2, 0.25) is 4.34 Å². The first-order chi connectivity index (χ1) is 9.95. The summed E-state index contributed by atoms with van der Waals surface area (Å²) in [6, 6.07) is 8.13. The van der Waals surface area contributed by atoms with Crippen molar-refractivity contribution in [2.45, 2.75) is 0 Å². The van der Waals surface area contributed by atoms with Crippen molar-refractivity contribution in [2.24, 2.45) is 0 Å². The number of rotatable bonds is 4. The molecule has 1 aromatic carbocycles. The molecule has 2 aromatic rings. The predicted molar refractivity (Wildman–Crippen MR) is 88.1 cm³/mol. The molecule has 2 N–H and O–H groups in total. The lowest BCUT2D eigenvalue weighted by molar-refractivity contribution is -0.111. The Morgan fingerprint density at radius 3 is 2.67 bits per heavy atom. The van der Waals surface area contributed by atoms with Gasteiger partial charge in [-0.3, -0.25) is 4.79 Å². The molecule has 7 heteroatoms. The van der Waals surface area contributed by atoms with Gasteiger partial charge in [0.25, 0.3) is 0 Å². The van der Waals surface area contributed by atoms with Gasteiger partial charge in [0.2, 0.25) is 5.91 Å². The van der Waals surface area contributed by atoms with Gasteiger partial charge in [-0.05, 0) is 52.3 Å². The first-order valence-electron chi connectivity index (χ1n) is 5.73. The highest BCUT2D eigenvalue weighted by Gasteiger charge is 2.09. The Kier molecular flexibility index (Phi) is 5.17. The van der Waals surface area contributed by atoms with Gasteiger partial charge in [0, 0.05) is 21.1 Å². The molecule has 0 bridgehead atoms. The Balaban J connectivity index is 2.07. The summed E-state index contributed by atoms with van der Waals surface area (Å²) in [6.07, 6.45) is 3.01. The molecule has 1 heterocycles. The number of hydrogen-bond acceptors (Lipinski definition) is 3. The number of carbonyl (C=O) groups excluding carboxylic acids is 1. The maximum Gasteiger partial charge on any atom is 0.336 e. The van der Waals surface area contributed by atoms with Crippen LogP contribution in [0.1, 0.15) is 15.2 Å². The molecular weight excluding hydrogens is 378 g/mol. The van der Waals surface area contributed by atoms with E-state index in [-0.39, 0.29) is 11.5 Å². The fourth-order valence-electron chi connectivity index (χ4n) is 1.53. The zero-order chi connectivity index (χ0) is 15.4. The van der Waals surface area contributed by atoms with Crippen molar-refractivity contribution in [1.82, 2.24) is 0 Å². The van der Waals surface area contributed by atoms with Crippen LogP contribution < -0.4 is 5.32 Å².